The summed E-state index contributed by atoms with van der Waals surface area (Å²) in [5, 5.41) is 18.6. The molecule has 36 heavy (non-hydrogen) atoms. The standard InChI is InChI=1S/C29H31N5O2/c1-18-10-11-23(34-29(36)27-9-5-6-12-30-27)15-25(18)28(35)33-19(2)26-14-21(22-16-31-32-17-22)13-20-7-3-4-8-24(20)26/h3-4,7-8,10-11,13-17,19,27,30H,5-6,9,12H2,1-2H3,(H,31,32)(H,33,35)(H,34,36). The van der Waals surface area contributed by atoms with Crippen molar-refractivity contribution in [3.63, 3.8) is 0 Å². The Morgan fingerprint density at radius 2 is 1.92 bits per heavy atom. The van der Waals surface area contributed by atoms with Crippen LogP contribution in [-0.2, 0) is 4.79 Å². The minimum atomic E-state index is -0.238. The summed E-state index contributed by atoms with van der Waals surface area (Å²) >= 11 is 0. The molecule has 184 valence electrons. The molecule has 4 N–H and O–H groups in total. The first-order chi connectivity index (χ1) is 17.5. The van der Waals surface area contributed by atoms with Crippen LogP contribution in [0.5, 0.6) is 0 Å². The van der Waals surface area contributed by atoms with E-state index in [1.165, 1.54) is 0 Å². The number of rotatable bonds is 6. The number of aromatic amines is 1. The topological polar surface area (TPSA) is 98.9 Å². The number of hydrogen-bond donors (Lipinski definition) is 4. The quantitative estimate of drug-likeness (QED) is 0.308. The number of aromatic nitrogens is 2. The van der Waals surface area contributed by atoms with E-state index in [2.05, 4.69) is 50.4 Å². The fraction of sp³-hybridized carbons (Fsp3) is 0.276. The maximum Gasteiger partial charge on any atom is 0.252 e. The Morgan fingerprint density at radius 1 is 1.06 bits per heavy atom. The van der Waals surface area contributed by atoms with Crippen molar-refractivity contribution in [3.05, 3.63) is 83.7 Å². The Labute approximate surface area is 210 Å². The van der Waals surface area contributed by atoms with Crippen molar-refractivity contribution in [1.29, 1.82) is 0 Å². The third kappa shape index (κ3) is 5.02. The van der Waals surface area contributed by atoms with Gasteiger partial charge in [0.05, 0.1) is 18.3 Å². The van der Waals surface area contributed by atoms with Gasteiger partial charge in [0.15, 0.2) is 0 Å². The summed E-state index contributed by atoms with van der Waals surface area (Å²) in [5.74, 6) is -0.231. The number of benzene rings is 3. The minimum Gasteiger partial charge on any atom is -0.345 e. The molecule has 7 nitrogen and oxygen atoms in total. The fourth-order valence-electron chi connectivity index (χ4n) is 4.88. The van der Waals surface area contributed by atoms with Crippen LogP contribution in [0.25, 0.3) is 21.9 Å². The molecule has 1 fully saturated rings. The van der Waals surface area contributed by atoms with Gasteiger partial charge < -0.3 is 16.0 Å². The summed E-state index contributed by atoms with van der Waals surface area (Å²) in [4.78, 5) is 26.1. The van der Waals surface area contributed by atoms with Crippen molar-refractivity contribution in [2.24, 2.45) is 0 Å². The Bertz CT molecular complexity index is 1390. The molecule has 5 rings (SSSR count). The van der Waals surface area contributed by atoms with Crippen molar-refractivity contribution >= 4 is 28.3 Å². The zero-order chi connectivity index (χ0) is 25.1. The van der Waals surface area contributed by atoms with E-state index in [-0.39, 0.29) is 23.9 Å². The second-order valence-corrected chi connectivity index (χ2v) is 9.49. The number of carbonyl (C=O) groups is 2. The van der Waals surface area contributed by atoms with Crippen LogP contribution in [0, 0.1) is 6.92 Å². The Kier molecular flexibility index (Phi) is 6.82. The largest absolute Gasteiger partial charge is 0.345 e. The van der Waals surface area contributed by atoms with Gasteiger partial charge in [-0.25, -0.2) is 0 Å². The highest BCUT2D eigenvalue weighted by atomic mass is 16.2. The third-order valence-electron chi connectivity index (χ3n) is 6.92. The third-order valence-corrected chi connectivity index (χ3v) is 6.92. The van der Waals surface area contributed by atoms with Gasteiger partial charge in [-0.05, 0) is 85.0 Å². The Balaban J connectivity index is 1.38. The molecule has 1 aliphatic heterocycles. The maximum absolute atomic E-state index is 13.4. The molecule has 1 aromatic heterocycles. The lowest BCUT2D eigenvalue weighted by atomic mass is 9.94. The van der Waals surface area contributed by atoms with Gasteiger partial charge in [0.1, 0.15) is 0 Å². The predicted molar refractivity (Wildman–Crippen MR) is 143 cm³/mol. The molecule has 2 unspecified atom stereocenters. The molecule has 1 aliphatic rings. The predicted octanol–water partition coefficient (Wildman–Crippen LogP) is 5.11. The molecule has 0 aliphatic carbocycles. The van der Waals surface area contributed by atoms with Crippen LogP contribution < -0.4 is 16.0 Å². The lowest BCUT2D eigenvalue weighted by molar-refractivity contribution is -0.118. The van der Waals surface area contributed by atoms with Crippen molar-refractivity contribution in [1.82, 2.24) is 20.8 Å². The van der Waals surface area contributed by atoms with E-state index in [0.717, 1.165) is 58.8 Å². The number of aryl methyl sites for hydroxylation is 1. The number of fused-ring (bicyclic) bond motifs is 1. The summed E-state index contributed by atoms with van der Waals surface area (Å²) < 4.78 is 0. The van der Waals surface area contributed by atoms with Crippen LogP contribution in [0.4, 0.5) is 5.69 Å². The van der Waals surface area contributed by atoms with E-state index in [4.69, 9.17) is 0 Å². The average molecular weight is 482 g/mol. The first-order valence-corrected chi connectivity index (χ1v) is 12.5. The van der Waals surface area contributed by atoms with Crippen molar-refractivity contribution in [3.8, 4) is 11.1 Å². The molecule has 2 atom stereocenters. The minimum absolute atomic E-state index is 0.0548. The number of nitrogens with zero attached hydrogens (tertiary/aromatic N) is 1. The van der Waals surface area contributed by atoms with Crippen molar-refractivity contribution in [2.75, 3.05) is 11.9 Å². The van der Waals surface area contributed by atoms with E-state index in [1.807, 2.05) is 44.3 Å². The highest BCUT2D eigenvalue weighted by Crippen LogP contribution is 2.31. The zero-order valence-corrected chi connectivity index (χ0v) is 20.6. The lowest BCUT2D eigenvalue weighted by Crippen LogP contribution is -2.43. The fourth-order valence-corrected chi connectivity index (χ4v) is 4.88. The summed E-state index contributed by atoms with van der Waals surface area (Å²) in [6.45, 7) is 4.76. The van der Waals surface area contributed by atoms with E-state index in [9.17, 15) is 9.59 Å². The highest BCUT2D eigenvalue weighted by Gasteiger charge is 2.22. The molecule has 3 aromatic carbocycles. The van der Waals surface area contributed by atoms with Gasteiger partial charge in [-0.2, -0.15) is 5.10 Å². The average Bonchev–Trinajstić information content (AvgIpc) is 3.45. The second kappa shape index (κ2) is 10.3. The second-order valence-electron chi connectivity index (χ2n) is 9.49. The zero-order valence-electron chi connectivity index (χ0n) is 20.6. The van der Waals surface area contributed by atoms with Crippen LogP contribution in [-0.4, -0.2) is 34.6 Å². The van der Waals surface area contributed by atoms with Gasteiger partial charge in [-0.1, -0.05) is 36.8 Å². The van der Waals surface area contributed by atoms with E-state index >= 15 is 0 Å². The number of hydrogen-bond acceptors (Lipinski definition) is 4. The lowest BCUT2D eigenvalue weighted by Gasteiger charge is -2.23. The number of piperidine rings is 1. The summed E-state index contributed by atoms with van der Waals surface area (Å²) in [6.07, 6.45) is 6.62. The number of anilines is 1. The van der Waals surface area contributed by atoms with Crippen LogP contribution in [0.15, 0.2) is 67.0 Å². The number of H-pyrrole nitrogens is 1. The molecule has 0 radical (unpaired) electrons. The van der Waals surface area contributed by atoms with Crippen LogP contribution in [0.3, 0.4) is 0 Å². The molecule has 1 saturated heterocycles. The smallest absolute Gasteiger partial charge is 0.252 e. The van der Waals surface area contributed by atoms with Crippen molar-refractivity contribution in [2.45, 2.75) is 45.2 Å². The molecular weight excluding hydrogens is 450 g/mol. The van der Waals surface area contributed by atoms with Gasteiger partial charge >= 0.3 is 0 Å². The molecule has 0 spiro atoms. The van der Waals surface area contributed by atoms with Crippen LogP contribution >= 0.6 is 0 Å². The molecule has 4 aromatic rings. The molecule has 0 bridgehead atoms. The van der Waals surface area contributed by atoms with E-state index < -0.39 is 0 Å². The van der Waals surface area contributed by atoms with E-state index in [1.54, 1.807) is 12.3 Å². The van der Waals surface area contributed by atoms with Gasteiger partial charge in [0, 0.05) is 23.0 Å². The Morgan fingerprint density at radius 3 is 2.69 bits per heavy atom. The number of amides is 2. The number of carbonyl (C=O) groups excluding carboxylic acids is 2. The molecular formula is C29H31N5O2. The first-order valence-electron chi connectivity index (χ1n) is 12.5. The maximum atomic E-state index is 13.4. The number of nitrogens with one attached hydrogen (secondary N) is 4. The monoisotopic (exact) mass is 481 g/mol. The Hall–Kier alpha value is -3.97. The van der Waals surface area contributed by atoms with Crippen molar-refractivity contribution < 1.29 is 9.59 Å². The SMILES string of the molecule is Cc1ccc(NC(=O)C2CCCCN2)cc1C(=O)NC(C)c1cc(-c2cn[nH]c2)cc2ccccc12. The normalized spacial score (nSPS) is 16.4. The van der Waals surface area contributed by atoms with E-state index in [0.29, 0.717) is 11.3 Å². The summed E-state index contributed by atoms with van der Waals surface area (Å²) in [7, 11) is 0. The summed E-state index contributed by atoms with van der Waals surface area (Å²) in [6, 6.07) is 17.5. The van der Waals surface area contributed by atoms with Gasteiger partial charge in [0.25, 0.3) is 5.91 Å². The van der Waals surface area contributed by atoms with Gasteiger partial charge in [0.2, 0.25) is 5.91 Å². The molecule has 7 heteroatoms. The van der Waals surface area contributed by atoms with Gasteiger partial charge in [-0.3, -0.25) is 14.7 Å². The molecule has 2 amide bonds. The van der Waals surface area contributed by atoms with Gasteiger partial charge in [-0.15, -0.1) is 0 Å². The summed E-state index contributed by atoms with van der Waals surface area (Å²) in [5.41, 5.74) is 5.09. The molecule has 2 heterocycles. The molecule has 0 saturated carbocycles. The highest BCUT2D eigenvalue weighted by molar-refractivity contribution is 6.00. The van der Waals surface area contributed by atoms with Crippen LogP contribution in [0.1, 0.15) is 53.7 Å². The van der Waals surface area contributed by atoms with Crippen LogP contribution in [0.2, 0.25) is 0 Å². The first kappa shape index (κ1) is 23.8.